The molecule has 0 spiro atoms. The quantitative estimate of drug-likeness (QED) is 0.600. The van der Waals surface area contributed by atoms with Crippen LogP contribution in [0, 0.1) is 0 Å². The lowest BCUT2D eigenvalue weighted by atomic mass is 10.0. The third-order valence-corrected chi connectivity index (χ3v) is 3.86. The Morgan fingerprint density at radius 3 is 1.86 bits per heavy atom. The first-order chi connectivity index (χ1) is 10.3. The zero-order valence-corrected chi connectivity index (χ0v) is 13.8. The molecule has 1 atom stereocenters. The summed E-state index contributed by atoms with van der Waals surface area (Å²) in [5.41, 5.74) is 0.697. The summed E-state index contributed by atoms with van der Waals surface area (Å²) in [6.07, 6.45) is -0.376. The topological polar surface area (TPSA) is 60.4 Å². The molecule has 2 aromatic carbocycles. The molecule has 0 fully saturated rings. The smallest absolute Gasteiger partial charge is 0.265 e. The zero-order chi connectivity index (χ0) is 16.3. The Morgan fingerprint density at radius 1 is 0.955 bits per heavy atom. The molecule has 0 aliphatic carbocycles. The fourth-order valence-electron chi connectivity index (χ4n) is 1.83. The van der Waals surface area contributed by atoms with Crippen molar-refractivity contribution in [2.24, 2.45) is 0 Å². The molecule has 116 valence electrons. The summed E-state index contributed by atoms with van der Waals surface area (Å²) in [4.78, 5) is 12.6. The van der Waals surface area contributed by atoms with Crippen LogP contribution < -0.4 is 0 Å². The molecule has 0 aromatic heterocycles. The first-order valence-electron chi connectivity index (χ1n) is 6.20. The monoisotopic (exact) mass is 358 g/mol. The SMILES string of the molecule is CS(=O)(=O)OC(C(=O)c1ccc(Cl)cc1)c1ccc(Cl)cc1. The minimum Gasteiger partial charge on any atom is -0.291 e. The van der Waals surface area contributed by atoms with Crippen molar-refractivity contribution in [3.05, 3.63) is 69.7 Å². The van der Waals surface area contributed by atoms with Crippen LogP contribution in [0.1, 0.15) is 22.0 Å². The second-order valence-electron chi connectivity index (χ2n) is 4.60. The van der Waals surface area contributed by atoms with Gasteiger partial charge in [0.2, 0.25) is 0 Å². The summed E-state index contributed by atoms with van der Waals surface area (Å²) >= 11 is 11.6. The molecule has 0 amide bonds. The van der Waals surface area contributed by atoms with E-state index in [2.05, 4.69) is 0 Å². The van der Waals surface area contributed by atoms with E-state index in [9.17, 15) is 13.2 Å². The zero-order valence-electron chi connectivity index (χ0n) is 11.5. The molecule has 2 aromatic rings. The molecule has 2 rings (SSSR count). The lowest BCUT2D eigenvalue weighted by molar-refractivity contribution is 0.0803. The van der Waals surface area contributed by atoms with Crippen molar-refractivity contribution in [2.45, 2.75) is 6.10 Å². The molecule has 0 saturated carbocycles. The summed E-state index contributed by atoms with van der Waals surface area (Å²) in [7, 11) is -3.82. The van der Waals surface area contributed by atoms with Gasteiger partial charge < -0.3 is 0 Å². The van der Waals surface area contributed by atoms with Crippen molar-refractivity contribution in [1.29, 1.82) is 0 Å². The summed E-state index contributed by atoms with van der Waals surface area (Å²) in [6.45, 7) is 0. The first kappa shape index (κ1) is 17.0. The number of benzene rings is 2. The van der Waals surface area contributed by atoms with E-state index < -0.39 is 22.0 Å². The Bertz CT molecular complexity index is 768. The van der Waals surface area contributed by atoms with Crippen molar-refractivity contribution >= 4 is 39.1 Å². The van der Waals surface area contributed by atoms with Gasteiger partial charge >= 0.3 is 0 Å². The van der Waals surface area contributed by atoms with Crippen molar-refractivity contribution in [2.75, 3.05) is 6.26 Å². The van der Waals surface area contributed by atoms with Crippen LogP contribution in [-0.4, -0.2) is 20.5 Å². The number of ketones is 1. The third-order valence-electron chi connectivity index (χ3n) is 2.81. The number of hydrogen-bond acceptors (Lipinski definition) is 4. The molecule has 0 saturated heterocycles. The normalized spacial score (nSPS) is 12.9. The Kier molecular flexibility index (Phi) is 5.24. The number of Topliss-reactive ketones (excluding diaryl/α,β-unsaturated/α-hetero) is 1. The standard InChI is InChI=1S/C15H12Cl2O4S/c1-22(19,20)21-15(11-4-8-13(17)9-5-11)14(18)10-2-6-12(16)7-3-10/h2-9,15H,1H3. The maximum absolute atomic E-state index is 12.6. The first-order valence-corrected chi connectivity index (χ1v) is 8.77. The van der Waals surface area contributed by atoms with E-state index >= 15 is 0 Å². The van der Waals surface area contributed by atoms with Crippen LogP contribution in [0.5, 0.6) is 0 Å². The lowest BCUT2D eigenvalue weighted by Gasteiger charge is -2.16. The molecule has 0 radical (unpaired) electrons. The van der Waals surface area contributed by atoms with Crippen LogP contribution in [-0.2, 0) is 14.3 Å². The number of halogens is 2. The van der Waals surface area contributed by atoms with Gasteiger partial charge in [-0.3, -0.25) is 8.98 Å². The molecule has 7 heteroatoms. The minimum atomic E-state index is -3.82. The predicted octanol–water partition coefficient (Wildman–Crippen LogP) is 3.89. The molecular formula is C15H12Cl2O4S. The van der Waals surface area contributed by atoms with Crippen molar-refractivity contribution in [1.82, 2.24) is 0 Å². The Labute approximate surface area is 138 Å². The molecule has 0 bridgehead atoms. The van der Waals surface area contributed by atoms with Crippen LogP contribution in [0.15, 0.2) is 48.5 Å². The van der Waals surface area contributed by atoms with Crippen LogP contribution >= 0.6 is 23.2 Å². The van der Waals surface area contributed by atoms with Crippen molar-refractivity contribution in [3.63, 3.8) is 0 Å². The number of carbonyl (C=O) groups excluding carboxylic acids is 1. The fraction of sp³-hybridized carbons (Fsp3) is 0.133. The van der Waals surface area contributed by atoms with Gasteiger partial charge in [0.15, 0.2) is 11.9 Å². The van der Waals surface area contributed by atoms with Crippen LogP contribution in [0.3, 0.4) is 0 Å². The van der Waals surface area contributed by atoms with E-state index in [1.165, 1.54) is 12.1 Å². The van der Waals surface area contributed by atoms with Crippen LogP contribution in [0.25, 0.3) is 0 Å². The van der Waals surface area contributed by atoms with Gasteiger partial charge in [-0.2, -0.15) is 8.42 Å². The molecule has 0 aliphatic heterocycles. The van der Waals surface area contributed by atoms with Gasteiger partial charge in [-0.05, 0) is 42.0 Å². The van der Waals surface area contributed by atoms with Crippen molar-refractivity contribution in [3.8, 4) is 0 Å². The highest BCUT2D eigenvalue weighted by atomic mass is 35.5. The Balaban J connectivity index is 2.41. The number of carbonyl (C=O) groups is 1. The lowest BCUT2D eigenvalue weighted by Crippen LogP contribution is -2.19. The second kappa shape index (κ2) is 6.79. The average Bonchev–Trinajstić information content (AvgIpc) is 2.45. The average molecular weight is 359 g/mol. The maximum atomic E-state index is 12.6. The number of rotatable bonds is 5. The van der Waals surface area contributed by atoms with Gasteiger partial charge in [0.25, 0.3) is 10.1 Å². The van der Waals surface area contributed by atoms with E-state index in [0.29, 0.717) is 21.2 Å². The highest BCUT2D eigenvalue weighted by molar-refractivity contribution is 7.86. The van der Waals surface area contributed by atoms with E-state index in [-0.39, 0.29) is 0 Å². The number of hydrogen-bond donors (Lipinski definition) is 0. The highest BCUT2D eigenvalue weighted by Gasteiger charge is 2.26. The van der Waals surface area contributed by atoms with Gasteiger partial charge in [0, 0.05) is 15.6 Å². The molecule has 4 nitrogen and oxygen atoms in total. The summed E-state index contributed by atoms with van der Waals surface area (Å²) < 4.78 is 27.9. The molecule has 22 heavy (non-hydrogen) atoms. The molecule has 0 N–H and O–H groups in total. The van der Waals surface area contributed by atoms with Crippen LogP contribution in [0.2, 0.25) is 10.0 Å². The molecule has 1 unspecified atom stereocenters. The van der Waals surface area contributed by atoms with E-state index in [4.69, 9.17) is 27.4 Å². The predicted molar refractivity (Wildman–Crippen MR) is 85.9 cm³/mol. The van der Waals surface area contributed by atoms with E-state index in [0.717, 1.165) is 6.26 Å². The van der Waals surface area contributed by atoms with Crippen LogP contribution in [0.4, 0.5) is 0 Å². The van der Waals surface area contributed by atoms with Gasteiger partial charge in [-0.1, -0.05) is 35.3 Å². The fourth-order valence-corrected chi connectivity index (χ4v) is 2.63. The van der Waals surface area contributed by atoms with Gasteiger partial charge in [-0.15, -0.1) is 0 Å². The molecular weight excluding hydrogens is 347 g/mol. The Hall–Kier alpha value is -1.40. The second-order valence-corrected chi connectivity index (χ2v) is 7.08. The summed E-state index contributed by atoms with van der Waals surface area (Å²) in [5.74, 6) is -0.482. The molecule has 0 heterocycles. The van der Waals surface area contributed by atoms with Gasteiger partial charge in [-0.25, -0.2) is 0 Å². The summed E-state index contributed by atoms with van der Waals surface area (Å²) in [5, 5.41) is 0.949. The summed E-state index contributed by atoms with van der Waals surface area (Å²) in [6, 6.07) is 12.3. The highest BCUT2D eigenvalue weighted by Crippen LogP contribution is 2.26. The van der Waals surface area contributed by atoms with E-state index in [1.54, 1.807) is 36.4 Å². The largest absolute Gasteiger partial charge is 0.291 e. The van der Waals surface area contributed by atoms with Crippen molar-refractivity contribution < 1.29 is 17.4 Å². The minimum absolute atomic E-state index is 0.299. The van der Waals surface area contributed by atoms with Gasteiger partial charge in [0.05, 0.1) is 6.26 Å². The molecule has 0 aliphatic rings. The van der Waals surface area contributed by atoms with Gasteiger partial charge in [0.1, 0.15) is 0 Å². The Morgan fingerprint density at radius 2 is 1.41 bits per heavy atom. The third kappa shape index (κ3) is 4.55. The van der Waals surface area contributed by atoms with E-state index in [1.807, 2.05) is 0 Å². The maximum Gasteiger partial charge on any atom is 0.265 e.